The number of nitrogens with one attached hydrogen (secondary N) is 1. The normalized spacial score (nSPS) is 10.3. The van der Waals surface area contributed by atoms with Crippen molar-refractivity contribution in [3.8, 4) is 11.5 Å². The van der Waals surface area contributed by atoms with Crippen molar-refractivity contribution in [2.45, 2.75) is 6.42 Å². The smallest absolute Gasteiger partial charge is 0.255 e. The van der Waals surface area contributed by atoms with E-state index in [1.54, 1.807) is 24.3 Å². The van der Waals surface area contributed by atoms with Gasteiger partial charge in [-0.15, -0.1) is 0 Å². The Kier molecular flexibility index (Phi) is 5.52. The minimum Gasteiger partial charge on any atom is -0.504 e. The van der Waals surface area contributed by atoms with Gasteiger partial charge in [0.05, 0.1) is 12.7 Å². The van der Waals surface area contributed by atoms with Crippen LogP contribution in [0, 0.1) is 0 Å². The first-order chi connectivity index (χ1) is 10.5. The Morgan fingerprint density at radius 3 is 2.73 bits per heavy atom. The first kappa shape index (κ1) is 16.5. The number of hydrogen-bond donors (Lipinski definition) is 2. The number of hydrogen-bond acceptors (Lipinski definition) is 3. The molecule has 2 aromatic carbocycles. The summed E-state index contributed by atoms with van der Waals surface area (Å²) < 4.78 is 4.98. The number of para-hydroxylation sites is 1. The number of methoxy groups -OCH3 is 1. The molecule has 2 N–H and O–H groups in total. The lowest BCUT2D eigenvalue weighted by atomic mass is 10.1. The van der Waals surface area contributed by atoms with Gasteiger partial charge in [0.25, 0.3) is 5.91 Å². The molecule has 1 amide bonds. The third-order valence-electron chi connectivity index (χ3n) is 3.16. The van der Waals surface area contributed by atoms with Crippen LogP contribution in [0.1, 0.15) is 15.9 Å². The topological polar surface area (TPSA) is 58.6 Å². The number of halogens is 2. The van der Waals surface area contributed by atoms with Crippen LogP contribution in [0.5, 0.6) is 11.5 Å². The molecule has 0 fully saturated rings. The molecule has 0 aromatic heterocycles. The fraction of sp³-hybridized carbons (Fsp3) is 0.188. The lowest BCUT2D eigenvalue weighted by Gasteiger charge is -2.10. The quantitative estimate of drug-likeness (QED) is 0.873. The molecular weight excluding hydrogens is 325 g/mol. The first-order valence-corrected chi connectivity index (χ1v) is 7.36. The largest absolute Gasteiger partial charge is 0.504 e. The Morgan fingerprint density at radius 2 is 2.05 bits per heavy atom. The first-order valence-electron chi connectivity index (χ1n) is 6.61. The number of aromatic hydroxyl groups is 1. The van der Waals surface area contributed by atoms with Crippen molar-refractivity contribution in [1.29, 1.82) is 0 Å². The lowest BCUT2D eigenvalue weighted by Crippen LogP contribution is -2.25. The molecule has 0 saturated heterocycles. The Morgan fingerprint density at radius 1 is 1.27 bits per heavy atom. The third kappa shape index (κ3) is 3.84. The molecule has 22 heavy (non-hydrogen) atoms. The number of carbonyl (C=O) groups excluding carboxylic acids is 1. The summed E-state index contributed by atoms with van der Waals surface area (Å²) in [6, 6.07) is 9.98. The van der Waals surface area contributed by atoms with Gasteiger partial charge < -0.3 is 15.2 Å². The van der Waals surface area contributed by atoms with Crippen LogP contribution in [-0.2, 0) is 6.42 Å². The number of benzene rings is 2. The highest BCUT2D eigenvalue weighted by molar-refractivity contribution is 6.35. The minimum absolute atomic E-state index is 0.168. The van der Waals surface area contributed by atoms with Crippen LogP contribution in [0.3, 0.4) is 0 Å². The van der Waals surface area contributed by atoms with E-state index in [0.29, 0.717) is 23.0 Å². The number of phenols is 1. The predicted molar refractivity (Wildman–Crippen MR) is 87.2 cm³/mol. The highest BCUT2D eigenvalue weighted by Crippen LogP contribution is 2.29. The molecule has 0 aliphatic carbocycles. The maximum atomic E-state index is 12.1. The number of ether oxygens (including phenoxy) is 1. The van der Waals surface area contributed by atoms with Gasteiger partial charge in [0, 0.05) is 16.6 Å². The summed E-state index contributed by atoms with van der Waals surface area (Å²) in [7, 11) is 1.43. The van der Waals surface area contributed by atoms with Gasteiger partial charge in [0.1, 0.15) is 0 Å². The SMILES string of the molecule is COc1cccc(C(=O)NCCc2ccc(Cl)cc2Cl)c1O. The third-order valence-corrected chi connectivity index (χ3v) is 3.75. The van der Waals surface area contributed by atoms with E-state index in [1.807, 2.05) is 6.07 Å². The van der Waals surface area contributed by atoms with E-state index in [0.717, 1.165) is 5.56 Å². The van der Waals surface area contributed by atoms with Gasteiger partial charge in [-0.05, 0) is 36.2 Å². The van der Waals surface area contributed by atoms with Crippen LogP contribution < -0.4 is 10.1 Å². The molecule has 116 valence electrons. The molecule has 0 aliphatic rings. The van der Waals surface area contributed by atoms with E-state index in [1.165, 1.54) is 13.2 Å². The molecule has 0 bridgehead atoms. The molecule has 0 saturated carbocycles. The van der Waals surface area contributed by atoms with Gasteiger partial charge in [0.2, 0.25) is 0 Å². The lowest BCUT2D eigenvalue weighted by molar-refractivity contribution is 0.0951. The molecule has 4 nitrogen and oxygen atoms in total. The Labute approximate surface area is 138 Å². The van der Waals surface area contributed by atoms with Crippen molar-refractivity contribution >= 4 is 29.1 Å². The van der Waals surface area contributed by atoms with Crippen LogP contribution in [0.25, 0.3) is 0 Å². The average Bonchev–Trinajstić information content (AvgIpc) is 2.49. The summed E-state index contributed by atoms with van der Waals surface area (Å²) in [4.78, 5) is 12.1. The summed E-state index contributed by atoms with van der Waals surface area (Å²) in [5, 5.41) is 13.8. The predicted octanol–water partition coefficient (Wildman–Crippen LogP) is 3.68. The zero-order valence-corrected chi connectivity index (χ0v) is 13.4. The summed E-state index contributed by atoms with van der Waals surface area (Å²) >= 11 is 11.9. The second kappa shape index (κ2) is 7.38. The van der Waals surface area contributed by atoms with Crippen molar-refractivity contribution in [3.05, 3.63) is 57.6 Å². The molecule has 0 unspecified atom stereocenters. The van der Waals surface area contributed by atoms with Gasteiger partial charge in [-0.25, -0.2) is 0 Å². The van der Waals surface area contributed by atoms with E-state index in [4.69, 9.17) is 27.9 Å². The zero-order valence-electron chi connectivity index (χ0n) is 11.9. The van der Waals surface area contributed by atoms with Crippen molar-refractivity contribution in [1.82, 2.24) is 5.32 Å². The minimum atomic E-state index is -0.374. The zero-order chi connectivity index (χ0) is 16.1. The molecule has 0 aliphatic heterocycles. The van der Waals surface area contributed by atoms with E-state index < -0.39 is 0 Å². The molecule has 0 spiro atoms. The van der Waals surface area contributed by atoms with Crippen molar-refractivity contribution < 1.29 is 14.6 Å². The molecule has 0 atom stereocenters. The van der Waals surface area contributed by atoms with Crippen LogP contribution in [0.2, 0.25) is 10.0 Å². The molecule has 0 radical (unpaired) electrons. The number of carbonyl (C=O) groups is 1. The Hall–Kier alpha value is -1.91. The van der Waals surface area contributed by atoms with E-state index in [2.05, 4.69) is 5.32 Å². The number of phenolic OH excluding ortho intramolecular Hbond substituents is 1. The van der Waals surface area contributed by atoms with Gasteiger partial charge in [-0.2, -0.15) is 0 Å². The average molecular weight is 340 g/mol. The van der Waals surface area contributed by atoms with Gasteiger partial charge in [-0.1, -0.05) is 35.3 Å². The number of rotatable bonds is 5. The second-order valence-electron chi connectivity index (χ2n) is 4.60. The maximum Gasteiger partial charge on any atom is 0.255 e. The summed E-state index contributed by atoms with van der Waals surface area (Å²) in [5.41, 5.74) is 1.06. The standard InChI is InChI=1S/C16H15Cl2NO3/c1-22-14-4-2-3-12(15(14)20)16(21)19-8-7-10-5-6-11(17)9-13(10)18/h2-6,9,20H,7-8H2,1H3,(H,19,21). The molecule has 2 rings (SSSR count). The molecule has 0 heterocycles. The summed E-state index contributed by atoms with van der Waals surface area (Å²) in [5.74, 6) is -0.290. The second-order valence-corrected chi connectivity index (χ2v) is 5.44. The maximum absolute atomic E-state index is 12.1. The molecular formula is C16H15Cl2NO3. The molecule has 2 aromatic rings. The van der Waals surface area contributed by atoms with Gasteiger partial charge in [-0.3, -0.25) is 4.79 Å². The van der Waals surface area contributed by atoms with Crippen molar-refractivity contribution in [2.75, 3.05) is 13.7 Å². The van der Waals surface area contributed by atoms with Crippen LogP contribution >= 0.6 is 23.2 Å². The van der Waals surface area contributed by atoms with Crippen LogP contribution in [0.4, 0.5) is 0 Å². The highest BCUT2D eigenvalue weighted by Gasteiger charge is 2.14. The van der Waals surface area contributed by atoms with Gasteiger partial charge in [0.15, 0.2) is 11.5 Å². The fourth-order valence-corrected chi connectivity index (χ4v) is 2.50. The molecule has 6 heteroatoms. The Bertz CT molecular complexity index is 689. The highest BCUT2D eigenvalue weighted by atomic mass is 35.5. The monoisotopic (exact) mass is 339 g/mol. The van der Waals surface area contributed by atoms with E-state index in [9.17, 15) is 9.90 Å². The van der Waals surface area contributed by atoms with Crippen LogP contribution in [0.15, 0.2) is 36.4 Å². The van der Waals surface area contributed by atoms with Crippen molar-refractivity contribution in [3.63, 3.8) is 0 Å². The van der Waals surface area contributed by atoms with Crippen molar-refractivity contribution in [2.24, 2.45) is 0 Å². The Balaban J connectivity index is 1.98. The van der Waals surface area contributed by atoms with Crippen LogP contribution in [-0.4, -0.2) is 24.7 Å². The summed E-state index contributed by atoms with van der Waals surface area (Å²) in [6.45, 7) is 0.386. The fourth-order valence-electron chi connectivity index (χ4n) is 2.00. The van der Waals surface area contributed by atoms with E-state index >= 15 is 0 Å². The summed E-state index contributed by atoms with van der Waals surface area (Å²) in [6.07, 6.45) is 0.562. The van der Waals surface area contributed by atoms with Gasteiger partial charge >= 0.3 is 0 Å². The van der Waals surface area contributed by atoms with E-state index in [-0.39, 0.29) is 23.0 Å². The number of amides is 1.